The number of benzene rings is 1. The first-order valence-corrected chi connectivity index (χ1v) is 6.44. The molecule has 0 aliphatic heterocycles. The molecular formula is C14H24N2O2. The lowest BCUT2D eigenvalue weighted by Gasteiger charge is -2.17. The summed E-state index contributed by atoms with van der Waals surface area (Å²) in [4.78, 5) is 2.28. The number of nitrogens with one attached hydrogen (secondary N) is 1. The monoisotopic (exact) mass is 252 g/mol. The van der Waals surface area contributed by atoms with E-state index in [0.717, 1.165) is 26.1 Å². The summed E-state index contributed by atoms with van der Waals surface area (Å²) in [6.45, 7) is 3.10. The van der Waals surface area contributed by atoms with Crippen LogP contribution in [0.3, 0.4) is 0 Å². The summed E-state index contributed by atoms with van der Waals surface area (Å²) in [6, 6.07) is 10.4. The molecule has 0 saturated heterocycles. The van der Waals surface area contributed by atoms with Gasteiger partial charge in [-0.05, 0) is 32.1 Å². The van der Waals surface area contributed by atoms with Crippen molar-refractivity contribution in [2.24, 2.45) is 0 Å². The van der Waals surface area contributed by atoms with Crippen molar-refractivity contribution >= 4 is 0 Å². The minimum atomic E-state index is -0.646. The first-order chi connectivity index (χ1) is 8.72. The Morgan fingerprint density at radius 3 is 2.67 bits per heavy atom. The molecule has 3 N–H and O–H groups in total. The van der Waals surface area contributed by atoms with Crippen molar-refractivity contribution in [1.82, 2.24) is 10.2 Å². The first kappa shape index (κ1) is 15.1. The van der Waals surface area contributed by atoms with Gasteiger partial charge in [0.1, 0.15) is 0 Å². The third-order valence-corrected chi connectivity index (χ3v) is 2.78. The summed E-state index contributed by atoms with van der Waals surface area (Å²) in [7, 11) is 2.11. The maximum atomic E-state index is 9.14. The average Bonchev–Trinajstić information content (AvgIpc) is 2.39. The van der Waals surface area contributed by atoms with Gasteiger partial charge in [0.25, 0.3) is 0 Å². The van der Waals surface area contributed by atoms with Crippen LogP contribution in [0.2, 0.25) is 0 Å². The molecule has 1 aromatic rings. The van der Waals surface area contributed by atoms with Crippen LogP contribution in [0.5, 0.6) is 0 Å². The van der Waals surface area contributed by atoms with Gasteiger partial charge in [-0.3, -0.25) is 0 Å². The van der Waals surface area contributed by atoms with E-state index < -0.39 is 6.10 Å². The smallest absolute Gasteiger partial charge is 0.0894 e. The van der Waals surface area contributed by atoms with E-state index in [2.05, 4.69) is 41.5 Å². The minimum absolute atomic E-state index is 0.180. The van der Waals surface area contributed by atoms with Crippen LogP contribution in [-0.4, -0.2) is 54.5 Å². The SMILES string of the molecule is CN(CCCNCC(O)CO)Cc1ccccc1. The molecular weight excluding hydrogens is 228 g/mol. The Hall–Kier alpha value is -0.940. The molecule has 4 nitrogen and oxygen atoms in total. The fourth-order valence-electron chi connectivity index (χ4n) is 1.78. The Labute approximate surface area is 109 Å². The predicted molar refractivity (Wildman–Crippen MR) is 73.4 cm³/mol. The van der Waals surface area contributed by atoms with E-state index in [1.165, 1.54) is 5.56 Å². The van der Waals surface area contributed by atoms with E-state index in [1.807, 2.05) is 6.07 Å². The molecule has 0 aliphatic rings. The maximum absolute atomic E-state index is 9.14. The molecule has 1 unspecified atom stereocenters. The molecule has 0 aromatic heterocycles. The molecule has 0 saturated carbocycles. The fraction of sp³-hybridized carbons (Fsp3) is 0.571. The molecule has 0 heterocycles. The van der Waals surface area contributed by atoms with Gasteiger partial charge in [-0.2, -0.15) is 0 Å². The molecule has 0 aliphatic carbocycles. The normalized spacial score (nSPS) is 12.9. The second-order valence-corrected chi connectivity index (χ2v) is 4.62. The van der Waals surface area contributed by atoms with E-state index in [-0.39, 0.29) is 6.61 Å². The van der Waals surface area contributed by atoms with Crippen LogP contribution in [-0.2, 0) is 6.54 Å². The van der Waals surface area contributed by atoms with Crippen LogP contribution in [0.15, 0.2) is 30.3 Å². The van der Waals surface area contributed by atoms with Crippen LogP contribution in [0.1, 0.15) is 12.0 Å². The van der Waals surface area contributed by atoms with E-state index in [4.69, 9.17) is 10.2 Å². The van der Waals surface area contributed by atoms with Crippen LogP contribution in [0.25, 0.3) is 0 Å². The van der Waals surface area contributed by atoms with E-state index in [9.17, 15) is 0 Å². The lowest BCUT2D eigenvalue weighted by molar-refractivity contribution is 0.0943. The van der Waals surface area contributed by atoms with Crippen molar-refractivity contribution in [3.63, 3.8) is 0 Å². The molecule has 102 valence electrons. The highest BCUT2D eigenvalue weighted by atomic mass is 16.3. The zero-order chi connectivity index (χ0) is 13.2. The highest BCUT2D eigenvalue weighted by Gasteiger charge is 2.01. The van der Waals surface area contributed by atoms with Crippen molar-refractivity contribution < 1.29 is 10.2 Å². The molecule has 0 radical (unpaired) electrons. The number of aliphatic hydroxyl groups excluding tert-OH is 2. The van der Waals surface area contributed by atoms with Gasteiger partial charge in [-0.1, -0.05) is 30.3 Å². The van der Waals surface area contributed by atoms with Gasteiger partial charge in [-0.25, -0.2) is 0 Å². The second kappa shape index (κ2) is 9.05. The zero-order valence-corrected chi connectivity index (χ0v) is 11.0. The topological polar surface area (TPSA) is 55.7 Å². The van der Waals surface area contributed by atoms with Gasteiger partial charge in [0, 0.05) is 13.1 Å². The van der Waals surface area contributed by atoms with E-state index >= 15 is 0 Å². The van der Waals surface area contributed by atoms with Crippen molar-refractivity contribution in [3.05, 3.63) is 35.9 Å². The highest BCUT2D eigenvalue weighted by Crippen LogP contribution is 2.02. The van der Waals surface area contributed by atoms with Crippen LogP contribution < -0.4 is 5.32 Å². The Morgan fingerprint density at radius 1 is 1.28 bits per heavy atom. The Kier molecular flexibility index (Phi) is 7.60. The summed E-state index contributed by atoms with van der Waals surface area (Å²) in [5, 5.41) is 20.9. The van der Waals surface area contributed by atoms with E-state index in [0.29, 0.717) is 6.54 Å². The second-order valence-electron chi connectivity index (χ2n) is 4.62. The molecule has 4 heteroatoms. The minimum Gasteiger partial charge on any atom is -0.394 e. The molecule has 1 rings (SSSR count). The van der Waals surface area contributed by atoms with Gasteiger partial charge < -0.3 is 20.4 Å². The standard InChI is InChI=1S/C14H24N2O2/c1-16(11-13-6-3-2-4-7-13)9-5-8-15-10-14(18)12-17/h2-4,6-7,14-15,17-18H,5,8-12H2,1H3. The Balaban J connectivity index is 2.05. The van der Waals surface area contributed by atoms with Crippen molar-refractivity contribution in [2.75, 3.05) is 33.3 Å². The van der Waals surface area contributed by atoms with Gasteiger partial charge in [-0.15, -0.1) is 0 Å². The number of hydrogen-bond donors (Lipinski definition) is 3. The zero-order valence-electron chi connectivity index (χ0n) is 11.0. The van der Waals surface area contributed by atoms with Crippen molar-refractivity contribution in [1.29, 1.82) is 0 Å². The molecule has 18 heavy (non-hydrogen) atoms. The predicted octanol–water partition coefficient (Wildman–Crippen LogP) is 0.451. The molecule has 0 fully saturated rings. The number of nitrogens with zero attached hydrogens (tertiary/aromatic N) is 1. The molecule has 0 amide bonds. The van der Waals surface area contributed by atoms with Gasteiger partial charge in [0.15, 0.2) is 0 Å². The average molecular weight is 252 g/mol. The number of rotatable bonds is 9. The summed E-state index contributed by atoms with van der Waals surface area (Å²) in [5.74, 6) is 0. The summed E-state index contributed by atoms with van der Waals surface area (Å²) >= 11 is 0. The number of aliphatic hydroxyl groups is 2. The lowest BCUT2D eigenvalue weighted by Crippen LogP contribution is -2.31. The maximum Gasteiger partial charge on any atom is 0.0894 e. The lowest BCUT2D eigenvalue weighted by atomic mass is 10.2. The molecule has 1 atom stereocenters. The largest absolute Gasteiger partial charge is 0.394 e. The van der Waals surface area contributed by atoms with Crippen LogP contribution >= 0.6 is 0 Å². The van der Waals surface area contributed by atoms with Crippen LogP contribution in [0, 0.1) is 0 Å². The Bertz CT molecular complexity index is 306. The first-order valence-electron chi connectivity index (χ1n) is 6.44. The molecule has 1 aromatic carbocycles. The van der Waals surface area contributed by atoms with Crippen molar-refractivity contribution in [2.45, 2.75) is 19.1 Å². The summed E-state index contributed by atoms with van der Waals surface area (Å²) in [5.41, 5.74) is 1.32. The highest BCUT2D eigenvalue weighted by molar-refractivity contribution is 5.14. The third kappa shape index (κ3) is 6.71. The van der Waals surface area contributed by atoms with Gasteiger partial charge in [0.05, 0.1) is 12.7 Å². The van der Waals surface area contributed by atoms with Crippen molar-refractivity contribution in [3.8, 4) is 0 Å². The van der Waals surface area contributed by atoms with E-state index in [1.54, 1.807) is 0 Å². The molecule has 0 bridgehead atoms. The summed E-state index contributed by atoms with van der Waals surface area (Å²) in [6.07, 6.45) is 0.383. The van der Waals surface area contributed by atoms with Crippen LogP contribution in [0.4, 0.5) is 0 Å². The Morgan fingerprint density at radius 2 is 2.00 bits per heavy atom. The molecule has 0 spiro atoms. The fourth-order valence-corrected chi connectivity index (χ4v) is 1.78. The number of hydrogen-bond acceptors (Lipinski definition) is 4. The quantitative estimate of drug-likeness (QED) is 0.559. The summed E-state index contributed by atoms with van der Waals surface area (Å²) < 4.78 is 0. The third-order valence-electron chi connectivity index (χ3n) is 2.78. The van der Waals surface area contributed by atoms with Gasteiger partial charge >= 0.3 is 0 Å². The van der Waals surface area contributed by atoms with Gasteiger partial charge in [0.2, 0.25) is 0 Å².